The predicted molar refractivity (Wildman–Crippen MR) is 133 cm³/mol. The lowest BCUT2D eigenvalue weighted by molar-refractivity contribution is -0.384. The normalized spacial score (nSPS) is 10.9. The first-order chi connectivity index (χ1) is 16.4. The second-order valence-corrected chi connectivity index (χ2v) is 8.24. The minimum Gasteiger partial charge on any atom is -0.457 e. The summed E-state index contributed by atoms with van der Waals surface area (Å²) in [5.74, 6) is 1.39. The summed E-state index contributed by atoms with van der Waals surface area (Å²) in [5, 5.41) is 13.8. The highest BCUT2D eigenvalue weighted by atomic mass is 16.6. The molecule has 8 nitrogen and oxygen atoms in total. The molecular weight excluding hydrogens is 432 g/mol. The van der Waals surface area contributed by atoms with Gasteiger partial charge in [0.25, 0.3) is 5.69 Å². The molecule has 0 aromatic heterocycles. The average Bonchev–Trinajstić information content (AvgIpc) is 2.81. The molecule has 0 aliphatic heterocycles. The fourth-order valence-corrected chi connectivity index (χ4v) is 3.53. The fraction of sp³-hybridized carbons (Fsp3) is 0.269. The molecule has 0 spiro atoms. The molecule has 0 radical (unpaired) electrons. The first-order valence-electron chi connectivity index (χ1n) is 11.1. The van der Waals surface area contributed by atoms with E-state index in [2.05, 4.69) is 10.2 Å². The van der Waals surface area contributed by atoms with E-state index in [0.717, 1.165) is 36.5 Å². The first kappa shape index (κ1) is 24.9. The third-order valence-corrected chi connectivity index (χ3v) is 5.18. The second-order valence-electron chi connectivity index (χ2n) is 8.24. The molecule has 0 aliphatic carbocycles. The van der Waals surface area contributed by atoms with Crippen molar-refractivity contribution in [3.8, 4) is 11.5 Å². The van der Waals surface area contributed by atoms with Gasteiger partial charge in [-0.2, -0.15) is 0 Å². The number of carbonyl (C=O) groups is 1. The first-order valence-corrected chi connectivity index (χ1v) is 11.1. The van der Waals surface area contributed by atoms with Crippen molar-refractivity contribution in [3.05, 3.63) is 94.5 Å². The lowest BCUT2D eigenvalue weighted by Gasteiger charge is -2.20. The Balaban J connectivity index is 1.36. The Morgan fingerprint density at radius 1 is 0.912 bits per heavy atom. The van der Waals surface area contributed by atoms with Crippen LogP contribution in [0.15, 0.2) is 78.9 Å². The number of likely N-dealkylation sites (N-methyl/N-ethyl adjacent to an activating group) is 1. The van der Waals surface area contributed by atoms with Crippen LogP contribution in [0.5, 0.6) is 11.5 Å². The van der Waals surface area contributed by atoms with Gasteiger partial charge in [0.05, 0.1) is 11.5 Å². The molecule has 0 unspecified atom stereocenters. The Kier molecular flexibility index (Phi) is 9.13. The van der Waals surface area contributed by atoms with Crippen LogP contribution in [-0.2, 0) is 11.3 Å². The van der Waals surface area contributed by atoms with Gasteiger partial charge in [0.1, 0.15) is 11.5 Å². The number of amides is 1. The number of benzene rings is 3. The van der Waals surface area contributed by atoms with Crippen LogP contribution < -0.4 is 10.1 Å². The van der Waals surface area contributed by atoms with E-state index in [0.29, 0.717) is 12.3 Å². The molecule has 0 bridgehead atoms. The standard InChI is InChI=1S/C26H30N4O4/c1-28(19-21-8-6-9-23(18-21)30(32)33)16-7-17-29(2)20-26(31)27-22-12-14-25(15-13-22)34-24-10-4-3-5-11-24/h3-6,8-15,18H,7,16-17,19-20H2,1-2H3,(H,27,31). The van der Waals surface area contributed by atoms with Crippen molar-refractivity contribution < 1.29 is 14.5 Å². The van der Waals surface area contributed by atoms with Gasteiger partial charge in [-0.05, 0) is 75.6 Å². The van der Waals surface area contributed by atoms with Crippen LogP contribution in [0.4, 0.5) is 11.4 Å². The SMILES string of the molecule is CN(CCCN(C)Cc1cccc([N+](=O)[O-])c1)CC(=O)Nc1ccc(Oc2ccccc2)cc1. The maximum Gasteiger partial charge on any atom is 0.269 e. The Morgan fingerprint density at radius 2 is 1.59 bits per heavy atom. The van der Waals surface area contributed by atoms with Crippen LogP contribution >= 0.6 is 0 Å². The number of rotatable bonds is 12. The van der Waals surface area contributed by atoms with Crippen LogP contribution in [0.3, 0.4) is 0 Å². The van der Waals surface area contributed by atoms with Gasteiger partial charge in [0.15, 0.2) is 0 Å². The quantitative estimate of drug-likeness (QED) is 0.308. The molecule has 0 atom stereocenters. The number of ether oxygens (including phenoxy) is 1. The van der Waals surface area contributed by atoms with Gasteiger partial charge in [0.2, 0.25) is 5.91 Å². The monoisotopic (exact) mass is 462 g/mol. The lowest BCUT2D eigenvalue weighted by Crippen LogP contribution is -2.32. The number of nitro groups is 1. The topological polar surface area (TPSA) is 88.0 Å². The molecule has 178 valence electrons. The summed E-state index contributed by atoms with van der Waals surface area (Å²) >= 11 is 0. The predicted octanol–water partition coefficient (Wildman–Crippen LogP) is 4.78. The number of nitrogens with one attached hydrogen (secondary N) is 1. The van der Waals surface area contributed by atoms with Crippen LogP contribution in [0.1, 0.15) is 12.0 Å². The molecule has 3 aromatic rings. The van der Waals surface area contributed by atoms with Gasteiger partial charge in [-0.3, -0.25) is 19.8 Å². The Hall–Kier alpha value is -3.75. The summed E-state index contributed by atoms with van der Waals surface area (Å²) < 4.78 is 5.77. The van der Waals surface area contributed by atoms with Gasteiger partial charge >= 0.3 is 0 Å². The van der Waals surface area contributed by atoms with E-state index in [1.807, 2.05) is 79.7 Å². The van der Waals surface area contributed by atoms with Crippen molar-refractivity contribution >= 4 is 17.3 Å². The van der Waals surface area contributed by atoms with E-state index in [4.69, 9.17) is 4.74 Å². The van der Waals surface area contributed by atoms with Crippen LogP contribution in [0.2, 0.25) is 0 Å². The molecule has 1 N–H and O–H groups in total. The summed E-state index contributed by atoms with van der Waals surface area (Å²) in [6.45, 7) is 2.50. The zero-order chi connectivity index (χ0) is 24.3. The fourth-order valence-electron chi connectivity index (χ4n) is 3.53. The van der Waals surface area contributed by atoms with Crippen molar-refractivity contribution in [2.75, 3.05) is 39.0 Å². The highest BCUT2D eigenvalue weighted by Crippen LogP contribution is 2.22. The molecule has 1 amide bonds. The molecule has 8 heteroatoms. The number of hydrogen-bond donors (Lipinski definition) is 1. The van der Waals surface area contributed by atoms with Gasteiger partial charge in [-0.1, -0.05) is 30.3 Å². The van der Waals surface area contributed by atoms with Gasteiger partial charge in [-0.15, -0.1) is 0 Å². The van der Waals surface area contributed by atoms with Gasteiger partial charge in [0, 0.05) is 24.4 Å². The Labute approximate surface area is 199 Å². The van der Waals surface area contributed by atoms with Crippen molar-refractivity contribution in [2.45, 2.75) is 13.0 Å². The van der Waals surface area contributed by atoms with Crippen molar-refractivity contribution in [1.29, 1.82) is 0 Å². The maximum absolute atomic E-state index is 12.4. The van der Waals surface area contributed by atoms with Crippen LogP contribution in [-0.4, -0.2) is 54.4 Å². The number of carbonyl (C=O) groups excluding carboxylic acids is 1. The summed E-state index contributed by atoms with van der Waals surface area (Å²) in [5.41, 5.74) is 1.73. The molecule has 0 saturated heterocycles. The van der Waals surface area contributed by atoms with E-state index in [-0.39, 0.29) is 23.1 Å². The van der Waals surface area contributed by atoms with E-state index < -0.39 is 0 Å². The van der Waals surface area contributed by atoms with Crippen molar-refractivity contribution in [1.82, 2.24) is 9.80 Å². The zero-order valence-corrected chi connectivity index (χ0v) is 19.5. The largest absolute Gasteiger partial charge is 0.457 e. The molecule has 3 aromatic carbocycles. The van der Waals surface area contributed by atoms with Crippen molar-refractivity contribution in [2.24, 2.45) is 0 Å². The van der Waals surface area contributed by atoms with E-state index in [1.165, 1.54) is 6.07 Å². The lowest BCUT2D eigenvalue weighted by atomic mass is 10.2. The number of para-hydroxylation sites is 1. The van der Waals surface area contributed by atoms with Crippen LogP contribution in [0, 0.1) is 10.1 Å². The summed E-state index contributed by atoms with van der Waals surface area (Å²) in [7, 11) is 3.90. The van der Waals surface area contributed by atoms with Gasteiger partial charge < -0.3 is 15.0 Å². The van der Waals surface area contributed by atoms with Crippen molar-refractivity contribution in [3.63, 3.8) is 0 Å². The Bertz CT molecular complexity index is 1070. The third kappa shape index (κ3) is 8.31. The summed E-state index contributed by atoms with van der Waals surface area (Å²) in [6.07, 6.45) is 0.876. The Morgan fingerprint density at radius 3 is 2.29 bits per heavy atom. The molecule has 0 aliphatic rings. The van der Waals surface area contributed by atoms with E-state index in [9.17, 15) is 14.9 Å². The highest BCUT2D eigenvalue weighted by Gasteiger charge is 2.10. The molecule has 3 rings (SSSR count). The number of hydrogen-bond acceptors (Lipinski definition) is 6. The number of anilines is 1. The average molecular weight is 463 g/mol. The van der Waals surface area contributed by atoms with Gasteiger partial charge in [-0.25, -0.2) is 0 Å². The van der Waals surface area contributed by atoms with E-state index >= 15 is 0 Å². The zero-order valence-electron chi connectivity index (χ0n) is 19.5. The number of nitrogens with zero attached hydrogens (tertiary/aromatic N) is 3. The van der Waals surface area contributed by atoms with Crippen LogP contribution in [0.25, 0.3) is 0 Å². The smallest absolute Gasteiger partial charge is 0.269 e. The molecule has 0 saturated carbocycles. The van der Waals surface area contributed by atoms with E-state index in [1.54, 1.807) is 12.1 Å². The molecule has 34 heavy (non-hydrogen) atoms. The number of nitro benzene ring substituents is 1. The molecule has 0 heterocycles. The second kappa shape index (κ2) is 12.5. The molecular formula is C26H30N4O4. The minimum atomic E-state index is -0.379. The highest BCUT2D eigenvalue weighted by molar-refractivity contribution is 5.92. The minimum absolute atomic E-state index is 0.0795. The summed E-state index contributed by atoms with van der Waals surface area (Å²) in [6, 6.07) is 23.5. The number of non-ortho nitro benzene ring substituents is 1. The summed E-state index contributed by atoms with van der Waals surface area (Å²) in [4.78, 5) is 27.0. The maximum atomic E-state index is 12.4. The third-order valence-electron chi connectivity index (χ3n) is 5.18. The molecule has 0 fully saturated rings.